The van der Waals surface area contributed by atoms with Crippen LogP contribution < -0.4 is 0 Å². The number of hydrogen-bond donors (Lipinski definition) is 3. The van der Waals surface area contributed by atoms with Crippen LogP contribution in [-0.2, 0) is 19.1 Å². The number of ether oxygens (including phenoxy) is 2. The van der Waals surface area contributed by atoms with Gasteiger partial charge in [-0.2, -0.15) is 0 Å². The van der Waals surface area contributed by atoms with Crippen LogP contribution in [0.1, 0.15) is 52.9 Å². The van der Waals surface area contributed by atoms with Gasteiger partial charge in [0.15, 0.2) is 0 Å². The van der Waals surface area contributed by atoms with Crippen molar-refractivity contribution in [3.8, 4) is 0 Å². The van der Waals surface area contributed by atoms with Crippen molar-refractivity contribution in [1.29, 1.82) is 0 Å². The van der Waals surface area contributed by atoms with Gasteiger partial charge in [-0.1, -0.05) is 6.92 Å². The van der Waals surface area contributed by atoms with Gasteiger partial charge in [0.1, 0.15) is 0 Å². The Labute approximate surface area is 132 Å². The fourth-order valence-electron chi connectivity index (χ4n) is 1.27. The van der Waals surface area contributed by atoms with E-state index in [-0.39, 0.29) is 31.7 Å². The van der Waals surface area contributed by atoms with E-state index in [1.807, 2.05) is 13.8 Å². The summed E-state index contributed by atoms with van der Waals surface area (Å²) in [5.74, 6) is -1.74. The van der Waals surface area contributed by atoms with Gasteiger partial charge in [-0.25, -0.2) is 0 Å². The van der Waals surface area contributed by atoms with Crippen LogP contribution in [-0.4, -0.2) is 59.3 Å². The van der Waals surface area contributed by atoms with Crippen molar-refractivity contribution in [3.63, 3.8) is 0 Å². The molecule has 0 heterocycles. The van der Waals surface area contributed by atoms with Crippen molar-refractivity contribution in [3.05, 3.63) is 0 Å². The first-order valence-corrected chi connectivity index (χ1v) is 7.61. The van der Waals surface area contributed by atoms with E-state index in [4.69, 9.17) is 24.8 Å². The Hall–Kier alpha value is -1.18. The van der Waals surface area contributed by atoms with Gasteiger partial charge in [-0.05, 0) is 33.1 Å². The molecule has 0 aliphatic heterocycles. The fourth-order valence-corrected chi connectivity index (χ4v) is 1.27. The predicted molar refractivity (Wildman–Crippen MR) is 81.9 cm³/mol. The van der Waals surface area contributed by atoms with Gasteiger partial charge < -0.3 is 24.8 Å². The Morgan fingerprint density at radius 3 is 1.82 bits per heavy atom. The monoisotopic (exact) mass is 322 g/mol. The Balaban J connectivity index is 0. The van der Waals surface area contributed by atoms with Crippen molar-refractivity contribution >= 4 is 11.9 Å². The molecule has 0 aliphatic rings. The normalized spacial score (nSPS) is 12.9. The van der Waals surface area contributed by atoms with E-state index in [2.05, 4.69) is 6.92 Å². The minimum atomic E-state index is -0.870. The van der Waals surface area contributed by atoms with Gasteiger partial charge >= 0.3 is 11.9 Å². The van der Waals surface area contributed by atoms with E-state index in [1.54, 1.807) is 0 Å². The van der Waals surface area contributed by atoms with Crippen molar-refractivity contribution in [1.82, 2.24) is 0 Å². The summed E-state index contributed by atoms with van der Waals surface area (Å²) in [6.45, 7) is 7.29. The summed E-state index contributed by atoms with van der Waals surface area (Å²) < 4.78 is 10.7. The van der Waals surface area contributed by atoms with Crippen LogP contribution in [0, 0.1) is 0 Å². The molecule has 0 saturated heterocycles. The minimum absolute atomic E-state index is 0.0628. The first-order valence-electron chi connectivity index (χ1n) is 7.61. The van der Waals surface area contributed by atoms with E-state index in [9.17, 15) is 9.59 Å². The van der Waals surface area contributed by atoms with Crippen LogP contribution in [0.2, 0.25) is 0 Å². The highest BCUT2D eigenvalue weighted by Gasteiger charge is 2.04. The highest BCUT2D eigenvalue weighted by molar-refractivity contribution is 5.67. The summed E-state index contributed by atoms with van der Waals surface area (Å²) in [5.41, 5.74) is 0. The molecular formula is C15H30O7. The Morgan fingerprint density at radius 1 is 0.955 bits per heavy atom. The Bertz CT molecular complexity index is 265. The number of aliphatic hydroxyl groups is 1. The molecule has 2 unspecified atom stereocenters. The average molecular weight is 322 g/mol. The summed E-state index contributed by atoms with van der Waals surface area (Å²) in [6.07, 6.45) is 2.08. The van der Waals surface area contributed by atoms with Crippen molar-refractivity contribution in [2.24, 2.45) is 0 Å². The van der Waals surface area contributed by atoms with E-state index in [0.29, 0.717) is 19.4 Å². The molecule has 0 spiro atoms. The topological polar surface area (TPSA) is 113 Å². The number of carboxylic acid groups (broad SMARTS) is 2. The number of carbonyl (C=O) groups is 2. The van der Waals surface area contributed by atoms with Gasteiger partial charge in [0.05, 0.1) is 25.4 Å². The Kier molecular flexibility index (Phi) is 17.0. The quantitative estimate of drug-likeness (QED) is 0.470. The third-order valence-corrected chi connectivity index (χ3v) is 2.51. The maximum absolute atomic E-state index is 9.90. The maximum Gasteiger partial charge on any atom is 0.303 e. The molecule has 3 N–H and O–H groups in total. The molecule has 0 aromatic rings. The fraction of sp³-hybridized carbons (Fsp3) is 0.867. The molecule has 0 bridgehead atoms. The lowest BCUT2D eigenvalue weighted by atomic mass is 10.2. The zero-order valence-electron chi connectivity index (χ0n) is 13.8. The highest BCUT2D eigenvalue weighted by Crippen LogP contribution is 1.99. The molecule has 0 aliphatic carbocycles. The molecule has 0 rings (SSSR count). The average Bonchev–Trinajstić information content (AvgIpc) is 2.47. The minimum Gasteiger partial charge on any atom is -0.481 e. The van der Waals surface area contributed by atoms with E-state index in [1.165, 1.54) is 0 Å². The van der Waals surface area contributed by atoms with Gasteiger partial charge in [0.25, 0.3) is 0 Å². The molecule has 0 aromatic heterocycles. The predicted octanol–water partition coefficient (Wildman–Crippen LogP) is 1.91. The lowest BCUT2D eigenvalue weighted by Crippen LogP contribution is -2.22. The van der Waals surface area contributed by atoms with Crippen LogP contribution in [0.3, 0.4) is 0 Å². The second kappa shape index (κ2) is 16.2. The molecule has 0 radical (unpaired) electrons. The third-order valence-electron chi connectivity index (χ3n) is 2.51. The van der Waals surface area contributed by atoms with Crippen LogP contribution in [0.25, 0.3) is 0 Å². The van der Waals surface area contributed by atoms with Gasteiger partial charge in [0.2, 0.25) is 0 Å². The third kappa shape index (κ3) is 21.1. The summed E-state index contributed by atoms with van der Waals surface area (Å²) >= 11 is 0. The first kappa shape index (κ1) is 23.1. The largest absolute Gasteiger partial charge is 0.481 e. The standard InChI is InChI=1S/C9H20O3.C6H10O4/c1-4-5-11-9(3)7-12-8(2)6-10;7-5(8)3-1-2-4-6(9)10/h8-10H,4-7H2,1-3H3;1-4H2,(H,7,8)(H,9,10). The van der Waals surface area contributed by atoms with Crippen LogP contribution >= 0.6 is 0 Å². The lowest BCUT2D eigenvalue weighted by molar-refractivity contribution is -0.139. The first-order chi connectivity index (χ1) is 10.3. The van der Waals surface area contributed by atoms with Crippen molar-refractivity contribution in [2.75, 3.05) is 19.8 Å². The summed E-state index contributed by atoms with van der Waals surface area (Å²) in [4.78, 5) is 19.8. The molecule has 0 amide bonds. The van der Waals surface area contributed by atoms with Gasteiger partial charge in [0, 0.05) is 19.4 Å². The molecular weight excluding hydrogens is 292 g/mol. The van der Waals surface area contributed by atoms with Crippen LogP contribution in [0.15, 0.2) is 0 Å². The zero-order valence-corrected chi connectivity index (χ0v) is 13.8. The van der Waals surface area contributed by atoms with E-state index in [0.717, 1.165) is 13.0 Å². The van der Waals surface area contributed by atoms with Gasteiger partial charge in [-0.15, -0.1) is 0 Å². The molecule has 22 heavy (non-hydrogen) atoms. The second-order valence-corrected chi connectivity index (χ2v) is 5.00. The summed E-state index contributed by atoms with van der Waals surface area (Å²) in [7, 11) is 0. The van der Waals surface area contributed by atoms with Crippen molar-refractivity contribution in [2.45, 2.75) is 65.1 Å². The number of aliphatic carboxylic acids is 2. The molecule has 7 nitrogen and oxygen atoms in total. The molecule has 132 valence electrons. The van der Waals surface area contributed by atoms with Crippen LogP contribution in [0.5, 0.6) is 0 Å². The molecule has 2 atom stereocenters. The van der Waals surface area contributed by atoms with Crippen molar-refractivity contribution < 1.29 is 34.4 Å². The number of aliphatic hydroxyl groups excluding tert-OH is 1. The number of rotatable bonds is 12. The number of carboxylic acids is 2. The van der Waals surface area contributed by atoms with Crippen LogP contribution in [0.4, 0.5) is 0 Å². The van der Waals surface area contributed by atoms with E-state index >= 15 is 0 Å². The lowest BCUT2D eigenvalue weighted by Gasteiger charge is -2.15. The second-order valence-electron chi connectivity index (χ2n) is 5.00. The smallest absolute Gasteiger partial charge is 0.303 e. The maximum atomic E-state index is 9.90. The molecule has 0 fully saturated rings. The number of unbranched alkanes of at least 4 members (excludes halogenated alkanes) is 1. The van der Waals surface area contributed by atoms with E-state index < -0.39 is 11.9 Å². The SMILES string of the molecule is CCCOC(C)COC(C)CO.O=C(O)CCCCC(=O)O. The van der Waals surface area contributed by atoms with Gasteiger partial charge in [-0.3, -0.25) is 9.59 Å². The zero-order chi connectivity index (χ0) is 17.4. The molecule has 7 heteroatoms. The molecule has 0 saturated carbocycles. The molecule has 0 aromatic carbocycles. The summed E-state index contributed by atoms with van der Waals surface area (Å²) in [5, 5.41) is 24.9. The summed E-state index contributed by atoms with van der Waals surface area (Å²) in [6, 6.07) is 0. The highest BCUT2D eigenvalue weighted by atomic mass is 16.5. The Morgan fingerprint density at radius 2 is 1.45 bits per heavy atom. The number of hydrogen-bond acceptors (Lipinski definition) is 5.